The zero-order valence-electron chi connectivity index (χ0n) is 20.2. The maximum atomic E-state index is 13.2. The second-order valence-electron chi connectivity index (χ2n) is 9.17. The van der Waals surface area contributed by atoms with Crippen molar-refractivity contribution in [1.29, 1.82) is 5.26 Å². The molecule has 3 rings (SSSR count). The highest BCUT2D eigenvalue weighted by Crippen LogP contribution is 2.38. The van der Waals surface area contributed by atoms with Crippen molar-refractivity contribution >= 4 is 29.3 Å². The number of carbonyl (C=O) groups excluding carboxylic acids is 2. The Kier molecular flexibility index (Phi) is 8.04. The van der Waals surface area contributed by atoms with Crippen molar-refractivity contribution in [3.63, 3.8) is 0 Å². The number of allylic oxidation sites excluding steroid dienone is 1. The third-order valence-electron chi connectivity index (χ3n) is 5.34. The van der Waals surface area contributed by atoms with Crippen LogP contribution in [0.2, 0.25) is 0 Å². The minimum Gasteiger partial charge on any atom is -0.444 e. The molecule has 10 heteroatoms. The van der Waals surface area contributed by atoms with Crippen LogP contribution in [0.3, 0.4) is 0 Å². The molecule has 0 saturated carbocycles. The molecule has 2 aromatic carbocycles. The van der Waals surface area contributed by atoms with E-state index in [1.807, 2.05) is 0 Å². The standard InChI is InChI=1S/C26H26F3N3O3S/c1-25(2,3)35-24(34)32-23(18-9-8-15(14-30)12-21(18)36-4)22-19(10-11-20(22)33)31-17-7-5-6-16(13-17)26(27,28)29/h5-9,12-13,23,31H,10-11H2,1-4H3,(H,32,34)/t23-/m0/s1. The van der Waals surface area contributed by atoms with Gasteiger partial charge in [-0.25, -0.2) is 4.79 Å². The van der Waals surface area contributed by atoms with Gasteiger partial charge in [-0.05, 0) is 69.3 Å². The predicted molar refractivity (Wildman–Crippen MR) is 131 cm³/mol. The minimum absolute atomic E-state index is 0.133. The molecule has 0 heterocycles. The van der Waals surface area contributed by atoms with Crippen LogP contribution in [-0.4, -0.2) is 23.7 Å². The fourth-order valence-electron chi connectivity index (χ4n) is 3.84. The Morgan fingerprint density at radius 1 is 1.14 bits per heavy atom. The van der Waals surface area contributed by atoms with E-state index in [0.29, 0.717) is 21.7 Å². The molecule has 0 saturated heterocycles. The van der Waals surface area contributed by atoms with E-state index in [2.05, 4.69) is 16.7 Å². The zero-order chi connectivity index (χ0) is 26.7. The first-order chi connectivity index (χ1) is 16.8. The largest absolute Gasteiger partial charge is 0.444 e. The van der Waals surface area contributed by atoms with Gasteiger partial charge in [-0.3, -0.25) is 4.79 Å². The maximum absolute atomic E-state index is 13.2. The van der Waals surface area contributed by atoms with Gasteiger partial charge in [0.05, 0.1) is 23.2 Å². The van der Waals surface area contributed by atoms with E-state index < -0.39 is 29.5 Å². The monoisotopic (exact) mass is 517 g/mol. The summed E-state index contributed by atoms with van der Waals surface area (Å²) in [6.45, 7) is 5.12. The molecule has 6 nitrogen and oxygen atoms in total. The number of amides is 1. The molecule has 1 amide bonds. The lowest BCUT2D eigenvalue weighted by molar-refractivity contribution is -0.137. The summed E-state index contributed by atoms with van der Waals surface area (Å²) in [6.07, 6.45) is -3.07. The van der Waals surface area contributed by atoms with Crippen molar-refractivity contribution in [2.45, 2.75) is 56.3 Å². The molecule has 2 N–H and O–H groups in total. The van der Waals surface area contributed by atoms with E-state index in [0.717, 1.165) is 12.1 Å². The van der Waals surface area contributed by atoms with Crippen LogP contribution in [0.15, 0.2) is 58.6 Å². The predicted octanol–water partition coefficient (Wildman–Crippen LogP) is 6.59. The van der Waals surface area contributed by atoms with Gasteiger partial charge in [0.25, 0.3) is 0 Å². The molecule has 0 spiro atoms. The summed E-state index contributed by atoms with van der Waals surface area (Å²) in [5.41, 5.74) is 0.186. The van der Waals surface area contributed by atoms with Gasteiger partial charge in [0, 0.05) is 28.3 Å². The number of carbonyl (C=O) groups is 2. The molecular weight excluding hydrogens is 491 g/mol. The van der Waals surface area contributed by atoms with Crippen molar-refractivity contribution < 1.29 is 27.5 Å². The lowest BCUT2D eigenvalue weighted by Gasteiger charge is -2.26. The number of rotatable bonds is 6. The Bertz CT molecular complexity index is 1240. The van der Waals surface area contributed by atoms with E-state index in [1.54, 1.807) is 45.2 Å². The van der Waals surface area contributed by atoms with E-state index in [9.17, 15) is 28.0 Å². The summed E-state index contributed by atoms with van der Waals surface area (Å²) < 4.78 is 45.1. The van der Waals surface area contributed by atoms with Crippen LogP contribution in [0.4, 0.5) is 23.7 Å². The molecule has 1 atom stereocenters. The fraction of sp³-hybridized carbons (Fsp3) is 0.346. The van der Waals surface area contributed by atoms with Crippen LogP contribution in [0.1, 0.15) is 56.3 Å². The number of nitrogens with zero attached hydrogens (tertiary/aromatic N) is 1. The highest BCUT2D eigenvalue weighted by molar-refractivity contribution is 7.98. The summed E-state index contributed by atoms with van der Waals surface area (Å²) in [5, 5.41) is 15.0. The SMILES string of the molecule is CSc1cc(C#N)ccc1[C@H](NC(=O)OC(C)(C)C)C1=C(Nc2cccc(C(F)(F)F)c2)CCC1=O. The van der Waals surface area contributed by atoms with Crippen LogP contribution in [0.5, 0.6) is 0 Å². The number of halogens is 3. The number of anilines is 1. The quantitative estimate of drug-likeness (QED) is 0.420. The van der Waals surface area contributed by atoms with Crippen molar-refractivity contribution in [2.24, 2.45) is 0 Å². The van der Waals surface area contributed by atoms with Crippen molar-refractivity contribution in [2.75, 3.05) is 11.6 Å². The first kappa shape index (κ1) is 27.1. The van der Waals surface area contributed by atoms with Crippen LogP contribution < -0.4 is 10.6 Å². The Morgan fingerprint density at radius 3 is 2.47 bits per heavy atom. The topological polar surface area (TPSA) is 91.2 Å². The van der Waals surface area contributed by atoms with Gasteiger partial charge >= 0.3 is 12.3 Å². The molecule has 0 fully saturated rings. The Balaban J connectivity index is 2.10. The summed E-state index contributed by atoms with van der Waals surface area (Å²) in [7, 11) is 0. The molecule has 0 unspecified atom stereocenters. The number of nitrogens with one attached hydrogen (secondary N) is 2. The van der Waals surface area contributed by atoms with Crippen molar-refractivity contribution in [1.82, 2.24) is 5.32 Å². The smallest absolute Gasteiger partial charge is 0.416 e. The number of hydrogen-bond acceptors (Lipinski definition) is 6. The molecule has 0 radical (unpaired) electrons. The van der Waals surface area contributed by atoms with E-state index in [1.165, 1.54) is 23.9 Å². The van der Waals surface area contributed by atoms with Gasteiger partial charge in [0.2, 0.25) is 0 Å². The van der Waals surface area contributed by atoms with Crippen LogP contribution in [0, 0.1) is 11.3 Å². The number of thioether (sulfide) groups is 1. The van der Waals surface area contributed by atoms with Gasteiger partial charge in [-0.1, -0.05) is 12.1 Å². The number of alkyl carbamates (subject to hydrolysis) is 1. The number of ketones is 1. The Morgan fingerprint density at radius 2 is 1.86 bits per heavy atom. The minimum atomic E-state index is -4.52. The number of ether oxygens (including phenoxy) is 1. The average Bonchev–Trinajstić information content (AvgIpc) is 3.15. The lowest BCUT2D eigenvalue weighted by Crippen LogP contribution is -2.37. The molecule has 1 aliphatic rings. The Hall–Kier alpha value is -3.45. The van der Waals surface area contributed by atoms with Crippen molar-refractivity contribution in [3.05, 3.63) is 70.4 Å². The van der Waals surface area contributed by atoms with E-state index in [-0.39, 0.29) is 29.9 Å². The molecule has 190 valence electrons. The highest BCUT2D eigenvalue weighted by atomic mass is 32.2. The fourth-order valence-corrected chi connectivity index (χ4v) is 4.51. The average molecular weight is 518 g/mol. The molecule has 0 bridgehead atoms. The lowest BCUT2D eigenvalue weighted by atomic mass is 9.95. The van der Waals surface area contributed by atoms with Crippen molar-refractivity contribution in [3.8, 4) is 6.07 Å². The molecule has 0 aromatic heterocycles. The normalized spacial score (nSPS) is 14.9. The number of alkyl halides is 3. The molecule has 36 heavy (non-hydrogen) atoms. The third-order valence-corrected chi connectivity index (χ3v) is 6.13. The zero-order valence-corrected chi connectivity index (χ0v) is 21.1. The number of benzene rings is 2. The van der Waals surface area contributed by atoms with Gasteiger partial charge in [0.15, 0.2) is 5.78 Å². The second-order valence-corrected chi connectivity index (χ2v) is 10.0. The van der Waals surface area contributed by atoms with Crippen LogP contribution >= 0.6 is 11.8 Å². The third kappa shape index (κ3) is 6.61. The van der Waals surface area contributed by atoms with E-state index >= 15 is 0 Å². The van der Waals surface area contributed by atoms with Gasteiger partial charge in [-0.2, -0.15) is 18.4 Å². The molecule has 0 aliphatic heterocycles. The summed E-state index contributed by atoms with van der Waals surface area (Å²) >= 11 is 1.34. The molecular formula is C26H26F3N3O3S. The summed E-state index contributed by atoms with van der Waals surface area (Å²) in [6, 6.07) is 10.7. The summed E-state index contributed by atoms with van der Waals surface area (Å²) in [5.74, 6) is -0.248. The maximum Gasteiger partial charge on any atom is 0.416 e. The first-order valence-corrected chi connectivity index (χ1v) is 12.3. The van der Waals surface area contributed by atoms with Crippen LogP contribution in [0.25, 0.3) is 0 Å². The highest BCUT2D eigenvalue weighted by Gasteiger charge is 2.35. The van der Waals surface area contributed by atoms with E-state index in [4.69, 9.17) is 4.74 Å². The van der Waals surface area contributed by atoms with Gasteiger partial charge in [-0.15, -0.1) is 11.8 Å². The van der Waals surface area contributed by atoms with Gasteiger partial charge < -0.3 is 15.4 Å². The summed E-state index contributed by atoms with van der Waals surface area (Å²) in [4.78, 5) is 26.5. The molecule has 1 aliphatic carbocycles. The van der Waals surface area contributed by atoms with Crippen LogP contribution in [-0.2, 0) is 15.7 Å². The number of nitriles is 1. The number of Topliss-reactive ketones (excluding diaryl/α,β-unsaturated/α-hetero) is 1. The molecule has 2 aromatic rings. The first-order valence-electron chi connectivity index (χ1n) is 11.1. The Labute approximate surface area is 211 Å². The van der Waals surface area contributed by atoms with Gasteiger partial charge in [0.1, 0.15) is 5.60 Å². The number of hydrogen-bond donors (Lipinski definition) is 2. The second kappa shape index (κ2) is 10.7.